The Morgan fingerprint density at radius 1 is 0.500 bits per heavy atom. The van der Waals surface area contributed by atoms with Gasteiger partial charge in [-0.2, -0.15) is 5.26 Å². The lowest BCUT2D eigenvalue weighted by atomic mass is 9.86. The zero-order valence-corrected chi connectivity index (χ0v) is 20.5. The lowest BCUT2D eigenvalue weighted by Crippen LogP contribution is -1.94. The van der Waals surface area contributed by atoms with Crippen LogP contribution in [0.4, 0.5) is 0 Å². The highest BCUT2D eigenvalue weighted by Crippen LogP contribution is 2.44. The van der Waals surface area contributed by atoms with E-state index in [9.17, 15) is 5.26 Å². The molecule has 0 atom stereocenters. The molecule has 3 nitrogen and oxygen atoms in total. The van der Waals surface area contributed by atoms with Crippen LogP contribution in [0.3, 0.4) is 0 Å². The normalized spacial score (nSPS) is 11.1. The second-order valence-electron chi connectivity index (χ2n) is 9.39. The third-order valence-electron chi connectivity index (χ3n) is 7.12. The van der Waals surface area contributed by atoms with Gasteiger partial charge in [-0.25, -0.2) is 4.98 Å². The first kappa shape index (κ1) is 21.9. The Balaban J connectivity index is 1.61. The molecule has 5 aromatic carbocycles. The highest BCUT2D eigenvalue weighted by Gasteiger charge is 2.18. The van der Waals surface area contributed by atoms with Crippen molar-refractivity contribution >= 4 is 32.3 Å². The molecule has 0 saturated heterocycles. The first-order valence-electron chi connectivity index (χ1n) is 12.6. The minimum atomic E-state index is 0.518. The molecule has 0 aliphatic carbocycles. The molecule has 7 rings (SSSR count). The summed E-state index contributed by atoms with van der Waals surface area (Å²) in [5, 5.41) is 16.5. The van der Waals surface area contributed by atoms with Gasteiger partial charge >= 0.3 is 0 Å². The van der Waals surface area contributed by atoms with E-state index in [-0.39, 0.29) is 0 Å². The smallest absolute Gasteiger partial charge is 0.101 e. The molecule has 0 saturated carbocycles. The summed E-state index contributed by atoms with van der Waals surface area (Å²) in [6, 6.07) is 42.4. The maximum Gasteiger partial charge on any atom is 0.101 e. The van der Waals surface area contributed by atoms with E-state index in [2.05, 4.69) is 108 Å². The summed E-state index contributed by atoms with van der Waals surface area (Å²) < 4.78 is 0. The van der Waals surface area contributed by atoms with Gasteiger partial charge in [0, 0.05) is 23.5 Å². The summed E-state index contributed by atoms with van der Waals surface area (Å²) in [6.07, 6.45) is 3.33. The Morgan fingerprint density at radius 2 is 1.13 bits per heavy atom. The lowest BCUT2D eigenvalue weighted by molar-refractivity contribution is 1.27. The highest BCUT2D eigenvalue weighted by atomic mass is 14.7. The third-order valence-corrected chi connectivity index (χ3v) is 7.12. The zero-order valence-electron chi connectivity index (χ0n) is 20.5. The Hall–Kier alpha value is -5.33. The van der Waals surface area contributed by atoms with Crippen molar-refractivity contribution in [3.05, 3.63) is 133 Å². The van der Waals surface area contributed by atoms with Gasteiger partial charge in [0.15, 0.2) is 0 Å². The summed E-state index contributed by atoms with van der Waals surface area (Å²) >= 11 is 0. The first-order chi connectivity index (χ1) is 18.8. The van der Waals surface area contributed by atoms with Crippen LogP contribution in [0, 0.1) is 11.3 Å². The van der Waals surface area contributed by atoms with Crippen molar-refractivity contribution in [2.45, 2.75) is 0 Å². The van der Waals surface area contributed by atoms with Gasteiger partial charge in [-0.15, -0.1) is 0 Å². The Morgan fingerprint density at radius 3 is 1.87 bits per heavy atom. The molecule has 7 aromatic rings. The molecule has 0 aliphatic heterocycles. The lowest BCUT2D eigenvalue weighted by Gasteiger charge is -2.18. The number of benzene rings is 5. The second-order valence-corrected chi connectivity index (χ2v) is 9.39. The minimum Gasteiger partial charge on any atom is -0.263 e. The molecule has 3 heteroatoms. The molecule has 0 amide bonds. The average molecular weight is 484 g/mol. The summed E-state index contributed by atoms with van der Waals surface area (Å²) in [4.78, 5) is 9.37. The van der Waals surface area contributed by atoms with Crippen molar-refractivity contribution in [3.63, 3.8) is 0 Å². The van der Waals surface area contributed by atoms with Crippen molar-refractivity contribution in [2.75, 3.05) is 0 Å². The predicted octanol–water partition coefficient (Wildman–Crippen LogP) is 8.81. The van der Waals surface area contributed by atoms with Crippen LogP contribution in [0.25, 0.3) is 66.0 Å². The average Bonchev–Trinajstić information content (AvgIpc) is 2.99. The molecule has 2 aromatic heterocycles. The van der Waals surface area contributed by atoms with E-state index in [1.165, 1.54) is 32.7 Å². The predicted molar refractivity (Wildman–Crippen MR) is 156 cm³/mol. The fourth-order valence-electron chi connectivity index (χ4n) is 5.43. The number of aromatic nitrogens is 2. The summed E-state index contributed by atoms with van der Waals surface area (Å²) in [7, 11) is 0. The Bertz CT molecular complexity index is 2040. The van der Waals surface area contributed by atoms with Crippen molar-refractivity contribution < 1.29 is 0 Å². The van der Waals surface area contributed by atoms with Crippen LogP contribution in [0.2, 0.25) is 0 Å². The molecule has 0 fully saturated rings. The highest BCUT2D eigenvalue weighted by molar-refractivity contribution is 6.23. The van der Waals surface area contributed by atoms with E-state index >= 15 is 0 Å². The molecule has 38 heavy (non-hydrogen) atoms. The topological polar surface area (TPSA) is 49.6 Å². The maximum atomic E-state index is 9.37. The van der Waals surface area contributed by atoms with Gasteiger partial charge < -0.3 is 0 Å². The fourth-order valence-corrected chi connectivity index (χ4v) is 5.43. The standard InChI is InChI=1S/C35H21N3/c36-20-23-17-27(22-37-21-23)32-15-8-16-33(38-32)35-29-14-7-6-13-28(29)34(24-9-2-1-3-10-24)30-18-25-11-4-5-12-26(25)19-31(30)35/h1-19,21-22H. The van der Waals surface area contributed by atoms with E-state index in [4.69, 9.17) is 4.98 Å². The third kappa shape index (κ3) is 3.59. The van der Waals surface area contributed by atoms with Gasteiger partial charge in [0.05, 0.1) is 17.0 Å². The number of nitrogens with zero attached hydrogens (tertiary/aromatic N) is 3. The molecule has 0 bridgehead atoms. The number of rotatable bonds is 3. The molecule has 0 unspecified atom stereocenters. The summed E-state index contributed by atoms with van der Waals surface area (Å²) in [6.45, 7) is 0. The minimum absolute atomic E-state index is 0.518. The molecular weight excluding hydrogens is 462 g/mol. The molecule has 2 heterocycles. The van der Waals surface area contributed by atoms with E-state index in [0.29, 0.717) is 5.56 Å². The largest absolute Gasteiger partial charge is 0.263 e. The van der Waals surface area contributed by atoms with E-state index in [0.717, 1.165) is 33.3 Å². The summed E-state index contributed by atoms with van der Waals surface area (Å²) in [5.41, 5.74) is 6.55. The maximum absolute atomic E-state index is 9.37. The first-order valence-corrected chi connectivity index (χ1v) is 12.6. The quantitative estimate of drug-likeness (QED) is 0.236. The van der Waals surface area contributed by atoms with Crippen molar-refractivity contribution in [1.82, 2.24) is 9.97 Å². The van der Waals surface area contributed by atoms with Crippen molar-refractivity contribution in [3.8, 4) is 39.7 Å². The second kappa shape index (κ2) is 8.96. The van der Waals surface area contributed by atoms with Crippen molar-refractivity contribution in [1.29, 1.82) is 5.26 Å². The molecule has 0 radical (unpaired) electrons. The van der Waals surface area contributed by atoms with Crippen LogP contribution in [0.15, 0.2) is 128 Å². The Labute approximate surface area is 220 Å². The molecule has 0 aliphatic rings. The van der Waals surface area contributed by atoms with Crippen LogP contribution in [0.1, 0.15) is 5.56 Å². The van der Waals surface area contributed by atoms with Crippen LogP contribution in [-0.2, 0) is 0 Å². The van der Waals surface area contributed by atoms with Crippen LogP contribution >= 0.6 is 0 Å². The SMILES string of the molecule is N#Cc1cncc(-c2cccc(-c3c4ccccc4c(-c4ccccc4)c4cc5ccccc5cc34)n2)c1. The van der Waals surface area contributed by atoms with Crippen molar-refractivity contribution in [2.24, 2.45) is 0 Å². The van der Waals surface area contributed by atoms with E-state index < -0.39 is 0 Å². The number of nitriles is 1. The number of fused-ring (bicyclic) bond motifs is 3. The molecule has 0 spiro atoms. The van der Waals surface area contributed by atoms with Gasteiger partial charge in [0.1, 0.15) is 6.07 Å². The van der Waals surface area contributed by atoms with Crippen LogP contribution in [-0.4, -0.2) is 9.97 Å². The number of hydrogen-bond acceptors (Lipinski definition) is 3. The zero-order chi connectivity index (χ0) is 25.5. The molecule has 176 valence electrons. The monoisotopic (exact) mass is 483 g/mol. The van der Waals surface area contributed by atoms with E-state index in [1.54, 1.807) is 12.4 Å². The van der Waals surface area contributed by atoms with Gasteiger partial charge in [-0.3, -0.25) is 4.98 Å². The number of pyridine rings is 2. The van der Waals surface area contributed by atoms with Gasteiger partial charge in [-0.05, 0) is 73.8 Å². The Kier molecular flexibility index (Phi) is 5.17. The molecular formula is C35H21N3. The number of hydrogen-bond donors (Lipinski definition) is 0. The molecule has 0 N–H and O–H groups in total. The van der Waals surface area contributed by atoms with Gasteiger partial charge in [0.25, 0.3) is 0 Å². The van der Waals surface area contributed by atoms with Crippen LogP contribution in [0.5, 0.6) is 0 Å². The van der Waals surface area contributed by atoms with Crippen LogP contribution < -0.4 is 0 Å². The van der Waals surface area contributed by atoms with Gasteiger partial charge in [0.2, 0.25) is 0 Å². The van der Waals surface area contributed by atoms with Gasteiger partial charge in [-0.1, -0.05) is 84.9 Å². The summed E-state index contributed by atoms with van der Waals surface area (Å²) in [5.74, 6) is 0. The fraction of sp³-hybridized carbons (Fsp3) is 0. The van der Waals surface area contributed by atoms with E-state index in [1.807, 2.05) is 18.2 Å².